The van der Waals surface area contributed by atoms with Crippen LogP contribution in [0.3, 0.4) is 0 Å². The molecule has 120 valence electrons. The normalized spacial score (nSPS) is 21.9. The molecular formula is C16H22BrN3O2. The van der Waals surface area contributed by atoms with Crippen molar-refractivity contribution in [2.45, 2.75) is 25.3 Å². The Balaban J connectivity index is 1.70. The van der Waals surface area contributed by atoms with E-state index in [2.05, 4.69) is 37.5 Å². The summed E-state index contributed by atoms with van der Waals surface area (Å²) in [5.41, 5.74) is 1.94. The Hall–Kier alpha value is -1.11. The van der Waals surface area contributed by atoms with E-state index in [1.54, 1.807) is 0 Å². The maximum absolute atomic E-state index is 12.3. The van der Waals surface area contributed by atoms with Gasteiger partial charge in [0.1, 0.15) is 0 Å². The van der Waals surface area contributed by atoms with Gasteiger partial charge in [-0.05, 0) is 37.6 Å². The van der Waals surface area contributed by atoms with Crippen LogP contribution in [0.2, 0.25) is 0 Å². The van der Waals surface area contributed by atoms with Gasteiger partial charge in [-0.1, -0.05) is 15.9 Å². The van der Waals surface area contributed by atoms with Crippen molar-refractivity contribution in [1.29, 1.82) is 0 Å². The average molecular weight is 368 g/mol. The number of carbonyl (C=O) groups is 1. The van der Waals surface area contributed by atoms with E-state index in [0.717, 1.165) is 61.5 Å². The summed E-state index contributed by atoms with van der Waals surface area (Å²) < 4.78 is 6.38. The summed E-state index contributed by atoms with van der Waals surface area (Å²) in [7, 11) is 0. The predicted molar refractivity (Wildman–Crippen MR) is 91.4 cm³/mol. The molecule has 2 saturated heterocycles. The number of amides is 1. The summed E-state index contributed by atoms with van der Waals surface area (Å²) in [6.07, 6.45) is 2.78. The highest BCUT2D eigenvalue weighted by Gasteiger charge is 2.20. The van der Waals surface area contributed by atoms with Gasteiger partial charge < -0.3 is 20.3 Å². The maximum Gasteiger partial charge on any atom is 0.225 e. The Labute approximate surface area is 139 Å². The highest BCUT2D eigenvalue weighted by Crippen LogP contribution is 2.30. The summed E-state index contributed by atoms with van der Waals surface area (Å²) in [5.74, 6) is 0.0759. The van der Waals surface area contributed by atoms with Crippen molar-refractivity contribution in [3.8, 4) is 0 Å². The number of halogens is 1. The third kappa shape index (κ3) is 4.00. The van der Waals surface area contributed by atoms with Gasteiger partial charge in [-0.25, -0.2) is 0 Å². The van der Waals surface area contributed by atoms with Crippen molar-refractivity contribution in [3.05, 3.63) is 22.7 Å². The summed E-state index contributed by atoms with van der Waals surface area (Å²) in [6, 6.07) is 6.36. The van der Waals surface area contributed by atoms with Crippen molar-refractivity contribution in [2.75, 3.05) is 43.1 Å². The van der Waals surface area contributed by atoms with Crippen molar-refractivity contribution in [1.82, 2.24) is 5.32 Å². The van der Waals surface area contributed by atoms with Gasteiger partial charge in [0.15, 0.2) is 0 Å². The SMILES string of the molecule is O=C(CC1CCCN1)Nc1cc(Br)ccc1N1CCOCC1. The number of anilines is 2. The minimum atomic E-state index is 0.0759. The molecule has 1 aromatic carbocycles. The van der Waals surface area contributed by atoms with Gasteiger partial charge in [0.05, 0.1) is 24.6 Å². The second-order valence-electron chi connectivity index (χ2n) is 5.81. The summed E-state index contributed by atoms with van der Waals surface area (Å²) >= 11 is 3.49. The number of nitrogens with zero attached hydrogens (tertiary/aromatic N) is 1. The molecule has 2 aliphatic heterocycles. The number of hydrogen-bond acceptors (Lipinski definition) is 4. The molecule has 2 N–H and O–H groups in total. The van der Waals surface area contributed by atoms with Crippen LogP contribution in [0.15, 0.2) is 22.7 Å². The van der Waals surface area contributed by atoms with Crippen molar-refractivity contribution < 1.29 is 9.53 Å². The average Bonchev–Trinajstić information content (AvgIpc) is 3.01. The molecule has 0 bridgehead atoms. The smallest absolute Gasteiger partial charge is 0.225 e. The van der Waals surface area contributed by atoms with Crippen LogP contribution < -0.4 is 15.5 Å². The quantitative estimate of drug-likeness (QED) is 0.857. The standard InChI is InChI=1S/C16H22BrN3O2/c17-12-3-4-15(20-6-8-22-9-7-20)14(10-12)19-16(21)11-13-2-1-5-18-13/h3-4,10,13,18H,1-2,5-9,11H2,(H,19,21). The van der Waals surface area contributed by atoms with Crippen molar-refractivity contribution >= 4 is 33.2 Å². The first-order valence-corrected chi connectivity index (χ1v) is 8.67. The maximum atomic E-state index is 12.3. The Morgan fingerprint density at radius 3 is 2.95 bits per heavy atom. The fourth-order valence-electron chi connectivity index (χ4n) is 3.04. The summed E-state index contributed by atoms with van der Waals surface area (Å²) in [6.45, 7) is 4.20. The van der Waals surface area contributed by atoms with E-state index in [9.17, 15) is 4.79 Å². The molecule has 2 fully saturated rings. The molecule has 6 heteroatoms. The van der Waals surface area contributed by atoms with Gasteiger partial charge in [-0.15, -0.1) is 0 Å². The topological polar surface area (TPSA) is 53.6 Å². The number of hydrogen-bond donors (Lipinski definition) is 2. The number of carbonyl (C=O) groups excluding carboxylic acids is 1. The molecule has 0 saturated carbocycles. The summed E-state index contributed by atoms with van der Waals surface area (Å²) in [4.78, 5) is 14.6. The number of benzene rings is 1. The summed E-state index contributed by atoms with van der Waals surface area (Å²) in [5, 5.41) is 6.45. The first kappa shape index (κ1) is 15.8. The van der Waals surface area contributed by atoms with Crippen LogP contribution in [0, 0.1) is 0 Å². The zero-order chi connectivity index (χ0) is 15.4. The molecule has 0 radical (unpaired) electrons. The number of nitrogens with one attached hydrogen (secondary N) is 2. The van der Waals surface area contributed by atoms with Crippen molar-refractivity contribution in [2.24, 2.45) is 0 Å². The fourth-order valence-corrected chi connectivity index (χ4v) is 3.41. The Morgan fingerprint density at radius 2 is 2.23 bits per heavy atom. The molecule has 1 unspecified atom stereocenters. The Bertz CT molecular complexity index is 526. The number of morpholine rings is 1. The van der Waals surface area contributed by atoms with Gasteiger partial charge in [0.25, 0.3) is 0 Å². The highest BCUT2D eigenvalue weighted by atomic mass is 79.9. The molecule has 2 aliphatic rings. The molecule has 22 heavy (non-hydrogen) atoms. The molecule has 1 aromatic rings. The van der Waals surface area contributed by atoms with E-state index in [1.807, 2.05) is 12.1 Å². The monoisotopic (exact) mass is 367 g/mol. The Kier molecular flexibility index (Phi) is 5.33. The second-order valence-corrected chi connectivity index (χ2v) is 6.72. The molecule has 2 heterocycles. The number of ether oxygens (including phenoxy) is 1. The number of rotatable bonds is 4. The van der Waals surface area contributed by atoms with Crippen LogP contribution in [0.25, 0.3) is 0 Å². The molecular weight excluding hydrogens is 346 g/mol. The molecule has 3 rings (SSSR count). The zero-order valence-corrected chi connectivity index (χ0v) is 14.2. The third-order valence-electron chi connectivity index (χ3n) is 4.18. The third-order valence-corrected chi connectivity index (χ3v) is 4.67. The van der Waals surface area contributed by atoms with E-state index >= 15 is 0 Å². The first-order chi connectivity index (χ1) is 10.7. The minimum absolute atomic E-state index is 0.0759. The lowest BCUT2D eigenvalue weighted by Crippen LogP contribution is -2.37. The molecule has 0 aromatic heterocycles. The fraction of sp³-hybridized carbons (Fsp3) is 0.562. The van der Waals surface area contributed by atoms with E-state index < -0.39 is 0 Å². The lowest BCUT2D eigenvalue weighted by Gasteiger charge is -2.30. The molecule has 1 amide bonds. The predicted octanol–water partition coefficient (Wildman–Crippen LogP) is 2.37. The minimum Gasteiger partial charge on any atom is -0.378 e. The Morgan fingerprint density at radius 1 is 1.41 bits per heavy atom. The first-order valence-electron chi connectivity index (χ1n) is 7.88. The second kappa shape index (κ2) is 7.44. The van der Waals surface area contributed by atoms with E-state index in [4.69, 9.17) is 4.74 Å². The van der Waals surface area contributed by atoms with Crippen LogP contribution in [-0.2, 0) is 9.53 Å². The van der Waals surface area contributed by atoms with Crippen LogP contribution in [0.4, 0.5) is 11.4 Å². The molecule has 5 nitrogen and oxygen atoms in total. The van der Waals surface area contributed by atoms with Gasteiger partial charge in [0, 0.05) is 30.0 Å². The van der Waals surface area contributed by atoms with Crippen LogP contribution in [0.1, 0.15) is 19.3 Å². The molecule has 0 aliphatic carbocycles. The van der Waals surface area contributed by atoms with E-state index in [-0.39, 0.29) is 5.91 Å². The molecule has 0 spiro atoms. The molecule has 1 atom stereocenters. The van der Waals surface area contributed by atoms with Gasteiger partial charge in [-0.3, -0.25) is 4.79 Å². The van der Waals surface area contributed by atoms with E-state index in [0.29, 0.717) is 12.5 Å². The van der Waals surface area contributed by atoms with E-state index in [1.165, 1.54) is 0 Å². The van der Waals surface area contributed by atoms with Crippen LogP contribution in [-0.4, -0.2) is 44.8 Å². The van der Waals surface area contributed by atoms with Gasteiger partial charge >= 0.3 is 0 Å². The van der Waals surface area contributed by atoms with Crippen LogP contribution >= 0.6 is 15.9 Å². The lowest BCUT2D eigenvalue weighted by atomic mass is 10.1. The lowest BCUT2D eigenvalue weighted by molar-refractivity contribution is -0.116. The largest absolute Gasteiger partial charge is 0.378 e. The highest BCUT2D eigenvalue weighted by molar-refractivity contribution is 9.10. The van der Waals surface area contributed by atoms with Crippen LogP contribution in [0.5, 0.6) is 0 Å². The van der Waals surface area contributed by atoms with Gasteiger partial charge in [-0.2, -0.15) is 0 Å². The zero-order valence-electron chi connectivity index (χ0n) is 12.6. The van der Waals surface area contributed by atoms with Crippen molar-refractivity contribution in [3.63, 3.8) is 0 Å². The van der Waals surface area contributed by atoms with Gasteiger partial charge in [0.2, 0.25) is 5.91 Å².